The molecule has 0 saturated heterocycles. The van der Waals surface area contributed by atoms with Crippen LogP contribution in [0.5, 0.6) is 5.75 Å². The minimum Gasteiger partial charge on any atom is -0.491 e. The number of fused-ring (bicyclic) bond motifs is 1. The van der Waals surface area contributed by atoms with Gasteiger partial charge in [-0.05, 0) is 31.0 Å². The highest BCUT2D eigenvalue weighted by Gasteiger charge is 2.27. The Hall–Kier alpha value is -1.02. The van der Waals surface area contributed by atoms with Gasteiger partial charge < -0.3 is 10.1 Å². The van der Waals surface area contributed by atoms with Gasteiger partial charge in [0.05, 0.1) is 6.04 Å². The molecule has 1 aromatic carbocycles. The van der Waals surface area contributed by atoms with Gasteiger partial charge in [-0.2, -0.15) is 0 Å². The standard InChI is InChI=1S/C13H19NO/c1-8(2)10-6-5-9(3)12-11(14-4)7-15-13(10)12/h5-6,8,11,14H,7H2,1-4H3. The molecule has 1 atom stereocenters. The number of ether oxygens (including phenoxy) is 1. The molecular weight excluding hydrogens is 186 g/mol. The van der Waals surface area contributed by atoms with E-state index in [1.165, 1.54) is 16.7 Å². The van der Waals surface area contributed by atoms with Crippen LogP contribution in [0.3, 0.4) is 0 Å². The van der Waals surface area contributed by atoms with Crippen molar-refractivity contribution >= 4 is 0 Å². The monoisotopic (exact) mass is 205 g/mol. The van der Waals surface area contributed by atoms with Crippen molar-refractivity contribution in [3.05, 3.63) is 28.8 Å². The highest BCUT2D eigenvalue weighted by atomic mass is 16.5. The van der Waals surface area contributed by atoms with Crippen molar-refractivity contribution in [1.82, 2.24) is 5.32 Å². The molecule has 2 nitrogen and oxygen atoms in total. The normalized spacial score (nSPS) is 19.1. The van der Waals surface area contributed by atoms with E-state index < -0.39 is 0 Å². The van der Waals surface area contributed by atoms with Crippen molar-refractivity contribution in [2.75, 3.05) is 13.7 Å². The largest absolute Gasteiger partial charge is 0.491 e. The van der Waals surface area contributed by atoms with Gasteiger partial charge in [-0.1, -0.05) is 26.0 Å². The van der Waals surface area contributed by atoms with Crippen LogP contribution in [0.25, 0.3) is 0 Å². The molecule has 1 aromatic rings. The lowest BCUT2D eigenvalue weighted by molar-refractivity contribution is 0.315. The van der Waals surface area contributed by atoms with E-state index >= 15 is 0 Å². The summed E-state index contributed by atoms with van der Waals surface area (Å²) < 4.78 is 5.81. The summed E-state index contributed by atoms with van der Waals surface area (Å²) in [4.78, 5) is 0. The topological polar surface area (TPSA) is 21.3 Å². The first kappa shape index (κ1) is 10.5. The second-order valence-corrected chi connectivity index (χ2v) is 4.52. The maximum atomic E-state index is 5.81. The number of hydrogen-bond acceptors (Lipinski definition) is 2. The minimum absolute atomic E-state index is 0.360. The zero-order valence-corrected chi connectivity index (χ0v) is 9.92. The summed E-state index contributed by atoms with van der Waals surface area (Å²) in [5, 5.41) is 3.30. The predicted octanol–water partition coefficient (Wildman–Crippen LogP) is 2.77. The lowest BCUT2D eigenvalue weighted by atomic mass is 9.94. The Labute approximate surface area is 91.6 Å². The fraction of sp³-hybridized carbons (Fsp3) is 0.538. The number of rotatable bonds is 2. The third-order valence-corrected chi connectivity index (χ3v) is 3.16. The zero-order valence-electron chi connectivity index (χ0n) is 9.92. The van der Waals surface area contributed by atoms with Crippen LogP contribution < -0.4 is 10.1 Å². The Morgan fingerprint density at radius 3 is 2.73 bits per heavy atom. The summed E-state index contributed by atoms with van der Waals surface area (Å²) in [5.74, 6) is 1.64. The molecule has 1 heterocycles. The van der Waals surface area contributed by atoms with Crippen LogP contribution in [0, 0.1) is 6.92 Å². The molecule has 0 radical (unpaired) electrons. The third-order valence-electron chi connectivity index (χ3n) is 3.16. The van der Waals surface area contributed by atoms with Crippen LogP contribution >= 0.6 is 0 Å². The average molecular weight is 205 g/mol. The lowest BCUT2D eigenvalue weighted by Gasteiger charge is -2.14. The van der Waals surface area contributed by atoms with E-state index in [-0.39, 0.29) is 0 Å². The first-order valence-electron chi connectivity index (χ1n) is 5.58. The Kier molecular flexibility index (Phi) is 2.70. The SMILES string of the molecule is CNC1COc2c(C(C)C)ccc(C)c21. The number of nitrogens with one attached hydrogen (secondary N) is 1. The van der Waals surface area contributed by atoms with E-state index in [2.05, 4.69) is 38.2 Å². The predicted molar refractivity (Wildman–Crippen MR) is 62.6 cm³/mol. The van der Waals surface area contributed by atoms with E-state index in [9.17, 15) is 0 Å². The van der Waals surface area contributed by atoms with Gasteiger partial charge in [-0.25, -0.2) is 0 Å². The fourth-order valence-electron chi connectivity index (χ4n) is 2.24. The van der Waals surface area contributed by atoms with Gasteiger partial charge in [-0.3, -0.25) is 0 Å². The molecule has 0 spiro atoms. The van der Waals surface area contributed by atoms with Crippen molar-refractivity contribution in [2.45, 2.75) is 32.7 Å². The Morgan fingerprint density at radius 2 is 2.13 bits per heavy atom. The first-order valence-corrected chi connectivity index (χ1v) is 5.58. The van der Waals surface area contributed by atoms with Gasteiger partial charge in [-0.15, -0.1) is 0 Å². The maximum absolute atomic E-state index is 5.81. The van der Waals surface area contributed by atoms with Crippen molar-refractivity contribution in [2.24, 2.45) is 0 Å². The minimum atomic E-state index is 0.360. The molecule has 82 valence electrons. The van der Waals surface area contributed by atoms with E-state index in [1.54, 1.807) is 0 Å². The van der Waals surface area contributed by atoms with Gasteiger partial charge in [0, 0.05) is 5.56 Å². The summed E-state index contributed by atoms with van der Waals surface area (Å²) in [6.07, 6.45) is 0. The fourth-order valence-corrected chi connectivity index (χ4v) is 2.24. The summed E-state index contributed by atoms with van der Waals surface area (Å²) in [6.45, 7) is 7.33. The Bertz CT molecular complexity index is 371. The van der Waals surface area contributed by atoms with Crippen LogP contribution in [0.4, 0.5) is 0 Å². The molecule has 0 fully saturated rings. The van der Waals surface area contributed by atoms with Crippen molar-refractivity contribution in [1.29, 1.82) is 0 Å². The highest BCUT2D eigenvalue weighted by molar-refractivity contribution is 5.51. The van der Waals surface area contributed by atoms with Crippen LogP contribution in [-0.4, -0.2) is 13.7 Å². The molecule has 1 aliphatic rings. The Balaban J connectivity index is 2.54. The molecule has 0 aliphatic carbocycles. The van der Waals surface area contributed by atoms with E-state index in [4.69, 9.17) is 4.74 Å². The number of aryl methyl sites for hydroxylation is 1. The van der Waals surface area contributed by atoms with Crippen molar-refractivity contribution in [3.8, 4) is 5.75 Å². The van der Waals surface area contributed by atoms with Gasteiger partial charge in [0.15, 0.2) is 0 Å². The van der Waals surface area contributed by atoms with Gasteiger partial charge in [0.25, 0.3) is 0 Å². The second-order valence-electron chi connectivity index (χ2n) is 4.52. The summed E-state index contributed by atoms with van der Waals surface area (Å²) in [7, 11) is 1.99. The van der Waals surface area contributed by atoms with Crippen LogP contribution in [0.15, 0.2) is 12.1 Å². The molecule has 1 unspecified atom stereocenters. The van der Waals surface area contributed by atoms with Gasteiger partial charge >= 0.3 is 0 Å². The van der Waals surface area contributed by atoms with Crippen molar-refractivity contribution < 1.29 is 4.74 Å². The van der Waals surface area contributed by atoms with Gasteiger partial charge in [0.1, 0.15) is 12.4 Å². The molecule has 0 aromatic heterocycles. The highest BCUT2D eigenvalue weighted by Crippen LogP contribution is 2.40. The second kappa shape index (κ2) is 3.86. The lowest BCUT2D eigenvalue weighted by Crippen LogP contribution is -2.17. The maximum Gasteiger partial charge on any atom is 0.128 e. The molecule has 1 aliphatic heterocycles. The van der Waals surface area contributed by atoms with Crippen LogP contribution in [-0.2, 0) is 0 Å². The smallest absolute Gasteiger partial charge is 0.128 e. The molecule has 2 rings (SSSR count). The first-order chi connectivity index (χ1) is 7.15. The molecule has 0 amide bonds. The number of hydrogen-bond donors (Lipinski definition) is 1. The van der Waals surface area contributed by atoms with Crippen LogP contribution in [0.2, 0.25) is 0 Å². The molecule has 15 heavy (non-hydrogen) atoms. The average Bonchev–Trinajstić information content (AvgIpc) is 2.62. The number of likely N-dealkylation sites (N-methyl/N-ethyl adjacent to an activating group) is 1. The quantitative estimate of drug-likeness (QED) is 0.801. The van der Waals surface area contributed by atoms with Crippen molar-refractivity contribution in [3.63, 3.8) is 0 Å². The molecule has 2 heteroatoms. The van der Waals surface area contributed by atoms with E-state index in [1.807, 2.05) is 7.05 Å². The Morgan fingerprint density at radius 1 is 1.40 bits per heavy atom. The zero-order chi connectivity index (χ0) is 11.0. The molecule has 0 bridgehead atoms. The van der Waals surface area contributed by atoms with Crippen LogP contribution in [0.1, 0.15) is 42.5 Å². The molecule has 0 saturated carbocycles. The van der Waals surface area contributed by atoms with E-state index in [0.29, 0.717) is 12.0 Å². The molecular formula is C13H19NO. The molecule has 1 N–H and O–H groups in total. The van der Waals surface area contributed by atoms with Gasteiger partial charge in [0.2, 0.25) is 0 Å². The number of benzene rings is 1. The summed E-state index contributed by atoms with van der Waals surface area (Å²) in [6, 6.07) is 4.75. The summed E-state index contributed by atoms with van der Waals surface area (Å²) >= 11 is 0. The summed E-state index contributed by atoms with van der Waals surface area (Å²) in [5.41, 5.74) is 4.00. The van der Waals surface area contributed by atoms with E-state index in [0.717, 1.165) is 12.4 Å². The third kappa shape index (κ3) is 1.63.